The zero-order valence-corrected chi connectivity index (χ0v) is 13.3. The van der Waals surface area contributed by atoms with E-state index in [1.165, 1.54) is 12.1 Å². The van der Waals surface area contributed by atoms with Crippen LogP contribution in [0.3, 0.4) is 0 Å². The minimum Gasteiger partial charge on any atom is -0.439 e. The minimum atomic E-state index is -3.72. The Labute approximate surface area is 137 Å². The number of hydrogen-bond donors (Lipinski definition) is 2. The third-order valence-electron chi connectivity index (χ3n) is 3.76. The van der Waals surface area contributed by atoms with E-state index in [4.69, 9.17) is 4.42 Å². The topological polar surface area (TPSA) is 101 Å². The van der Waals surface area contributed by atoms with E-state index in [0.717, 1.165) is 0 Å². The summed E-state index contributed by atoms with van der Waals surface area (Å²) in [6.45, 7) is -0.0503. The first-order chi connectivity index (χ1) is 11.5. The van der Waals surface area contributed by atoms with Crippen molar-refractivity contribution in [2.75, 3.05) is 5.32 Å². The quantitative estimate of drug-likeness (QED) is 0.752. The average molecular weight is 343 g/mol. The van der Waals surface area contributed by atoms with Gasteiger partial charge in [-0.05, 0) is 35.9 Å². The van der Waals surface area contributed by atoms with Gasteiger partial charge in [-0.3, -0.25) is 4.79 Å². The maximum absolute atomic E-state index is 12.4. The lowest BCUT2D eigenvalue weighted by Crippen LogP contribution is -2.23. The Morgan fingerprint density at radius 2 is 2.04 bits per heavy atom. The van der Waals surface area contributed by atoms with Crippen LogP contribution in [0.1, 0.15) is 11.5 Å². The maximum atomic E-state index is 12.4. The molecule has 0 aliphatic carbocycles. The molecule has 1 amide bonds. The highest BCUT2D eigenvalue weighted by Crippen LogP contribution is 2.25. The summed E-state index contributed by atoms with van der Waals surface area (Å²) >= 11 is 0. The van der Waals surface area contributed by atoms with Gasteiger partial charge < -0.3 is 9.73 Å². The number of hydrogen-bond acceptors (Lipinski definition) is 5. The molecule has 3 aromatic rings. The summed E-state index contributed by atoms with van der Waals surface area (Å²) in [6.07, 6.45) is 0.184. The monoisotopic (exact) mass is 343 g/mol. The van der Waals surface area contributed by atoms with Crippen LogP contribution in [0.15, 0.2) is 51.8 Å². The van der Waals surface area contributed by atoms with Crippen molar-refractivity contribution in [3.8, 4) is 0 Å². The fourth-order valence-corrected chi connectivity index (χ4v) is 3.63. The van der Waals surface area contributed by atoms with Gasteiger partial charge in [0.2, 0.25) is 21.8 Å². The van der Waals surface area contributed by atoms with Crippen molar-refractivity contribution in [3.05, 3.63) is 53.9 Å². The van der Waals surface area contributed by atoms with Gasteiger partial charge in [0, 0.05) is 5.69 Å². The lowest BCUT2D eigenvalue weighted by atomic mass is 10.2. The Hall–Kier alpha value is -2.71. The van der Waals surface area contributed by atoms with Crippen LogP contribution in [-0.4, -0.2) is 19.3 Å². The number of amides is 1. The van der Waals surface area contributed by atoms with Crippen molar-refractivity contribution in [1.29, 1.82) is 0 Å². The zero-order chi connectivity index (χ0) is 16.7. The lowest BCUT2D eigenvalue weighted by molar-refractivity contribution is -0.115. The third kappa shape index (κ3) is 2.66. The molecule has 2 heterocycles. The van der Waals surface area contributed by atoms with Crippen molar-refractivity contribution < 1.29 is 17.6 Å². The third-order valence-corrected chi connectivity index (χ3v) is 5.16. The van der Waals surface area contributed by atoms with E-state index in [2.05, 4.69) is 15.0 Å². The molecule has 8 heteroatoms. The van der Waals surface area contributed by atoms with Crippen molar-refractivity contribution >= 4 is 32.7 Å². The van der Waals surface area contributed by atoms with Crippen LogP contribution in [0.25, 0.3) is 11.1 Å². The van der Waals surface area contributed by atoms with E-state index < -0.39 is 10.0 Å². The van der Waals surface area contributed by atoms with Crippen molar-refractivity contribution in [3.63, 3.8) is 0 Å². The summed E-state index contributed by atoms with van der Waals surface area (Å²) in [6, 6.07) is 11.8. The first kappa shape index (κ1) is 14.9. The molecule has 0 unspecified atom stereocenters. The van der Waals surface area contributed by atoms with Crippen LogP contribution in [0.2, 0.25) is 0 Å². The summed E-state index contributed by atoms with van der Waals surface area (Å²) < 4.78 is 32.8. The van der Waals surface area contributed by atoms with E-state index in [9.17, 15) is 13.2 Å². The SMILES string of the molecule is O=C1Cc2cc(S(=O)(=O)NCc3nc4ccccc4o3)ccc2N1. The molecular formula is C16H13N3O4S. The Kier molecular flexibility index (Phi) is 3.36. The fourth-order valence-electron chi connectivity index (χ4n) is 2.61. The van der Waals surface area contributed by atoms with E-state index in [1.54, 1.807) is 18.2 Å². The molecule has 7 nitrogen and oxygen atoms in total. The Morgan fingerprint density at radius 3 is 2.88 bits per heavy atom. The second kappa shape index (κ2) is 5.43. The van der Waals surface area contributed by atoms with Crippen molar-refractivity contribution in [1.82, 2.24) is 9.71 Å². The van der Waals surface area contributed by atoms with Crippen molar-refractivity contribution in [2.24, 2.45) is 0 Å². The normalized spacial score (nSPS) is 13.9. The van der Waals surface area contributed by atoms with E-state index >= 15 is 0 Å². The zero-order valence-electron chi connectivity index (χ0n) is 12.4. The van der Waals surface area contributed by atoms with E-state index in [1.807, 2.05) is 12.1 Å². The smallest absolute Gasteiger partial charge is 0.241 e. The van der Waals surface area contributed by atoms with Crippen LogP contribution >= 0.6 is 0 Å². The number of benzene rings is 2. The van der Waals surface area contributed by atoms with Gasteiger partial charge in [0.25, 0.3) is 0 Å². The van der Waals surface area contributed by atoms with Gasteiger partial charge in [0.1, 0.15) is 5.52 Å². The molecule has 1 aliphatic heterocycles. The lowest BCUT2D eigenvalue weighted by Gasteiger charge is -2.06. The maximum Gasteiger partial charge on any atom is 0.241 e. The Morgan fingerprint density at radius 1 is 1.21 bits per heavy atom. The second-order valence-corrected chi connectivity index (χ2v) is 7.21. The molecule has 4 rings (SSSR count). The molecule has 1 aliphatic rings. The highest BCUT2D eigenvalue weighted by Gasteiger charge is 2.22. The molecular weight excluding hydrogens is 330 g/mol. The Balaban J connectivity index is 1.55. The number of para-hydroxylation sites is 2. The van der Waals surface area contributed by atoms with Gasteiger partial charge in [-0.1, -0.05) is 12.1 Å². The highest BCUT2D eigenvalue weighted by molar-refractivity contribution is 7.89. The van der Waals surface area contributed by atoms with E-state index in [0.29, 0.717) is 22.4 Å². The minimum absolute atomic E-state index is 0.0503. The van der Waals surface area contributed by atoms with Crippen LogP contribution in [-0.2, 0) is 27.8 Å². The molecule has 24 heavy (non-hydrogen) atoms. The second-order valence-electron chi connectivity index (χ2n) is 5.44. The number of anilines is 1. The van der Waals surface area contributed by atoms with Crippen LogP contribution in [0.4, 0.5) is 5.69 Å². The summed E-state index contributed by atoms with van der Waals surface area (Å²) in [5.41, 5.74) is 2.60. The largest absolute Gasteiger partial charge is 0.439 e. The molecule has 2 aromatic carbocycles. The van der Waals surface area contributed by atoms with Gasteiger partial charge in [-0.25, -0.2) is 18.1 Å². The fraction of sp³-hybridized carbons (Fsp3) is 0.125. The molecule has 0 fully saturated rings. The standard InChI is InChI=1S/C16H13N3O4S/c20-15-8-10-7-11(5-6-12(10)18-15)24(21,22)17-9-16-19-13-3-1-2-4-14(13)23-16/h1-7,17H,8-9H2,(H,18,20). The molecule has 0 saturated carbocycles. The van der Waals surface area contributed by atoms with Crippen LogP contribution in [0, 0.1) is 0 Å². The number of rotatable bonds is 4. The first-order valence-electron chi connectivity index (χ1n) is 7.28. The summed E-state index contributed by atoms with van der Waals surface area (Å²) in [5, 5.41) is 2.67. The number of carbonyl (C=O) groups excluding carboxylic acids is 1. The summed E-state index contributed by atoms with van der Waals surface area (Å²) in [7, 11) is -3.72. The van der Waals surface area contributed by atoms with Gasteiger partial charge in [-0.15, -0.1) is 0 Å². The molecule has 0 saturated heterocycles. The van der Waals surface area contributed by atoms with Crippen LogP contribution in [0.5, 0.6) is 0 Å². The molecule has 122 valence electrons. The number of aromatic nitrogens is 1. The summed E-state index contributed by atoms with van der Waals surface area (Å²) in [5.74, 6) is 0.150. The van der Waals surface area contributed by atoms with Gasteiger partial charge in [0.05, 0.1) is 17.9 Å². The van der Waals surface area contributed by atoms with E-state index in [-0.39, 0.29) is 29.7 Å². The van der Waals surface area contributed by atoms with Gasteiger partial charge >= 0.3 is 0 Å². The predicted octanol–water partition coefficient (Wildman–Crippen LogP) is 1.80. The number of carbonyl (C=O) groups is 1. The van der Waals surface area contributed by atoms with Gasteiger partial charge in [-0.2, -0.15) is 0 Å². The number of sulfonamides is 1. The molecule has 0 bridgehead atoms. The molecule has 2 N–H and O–H groups in total. The molecule has 1 aromatic heterocycles. The number of nitrogens with one attached hydrogen (secondary N) is 2. The number of fused-ring (bicyclic) bond motifs is 2. The average Bonchev–Trinajstić information content (AvgIpc) is 3.13. The first-order valence-corrected chi connectivity index (χ1v) is 8.76. The molecule has 0 spiro atoms. The summed E-state index contributed by atoms with van der Waals surface area (Å²) in [4.78, 5) is 15.7. The molecule has 0 radical (unpaired) electrons. The van der Waals surface area contributed by atoms with Crippen molar-refractivity contribution in [2.45, 2.75) is 17.9 Å². The number of nitrogens with zero attached hydrogens (tertiary/aromatic N) is 1. The Bertz CT molecular complexity index is 1020. The predicted molar refractivity (Wildman–Crippen MR) is 86.8 cm³/mol. The van der Waals surface area contributed by atoms with Crippen LogP contribution < -0.4 is 10.0 Å². The number of oxazole rings is 1. The van der Waals surface area contributed by atoms with Gasteiger partial charge in [0.15, 0.2) is 5.58 Å². The molecule has 0 atom stereocenters. The highest BCUT2D eigenvalue weighted by atomic mass is 32.2.